The summed E-state index contributed by atoms with van der Waals surface area (Å²) in [7, 11) is 0. The zero-order chi connectivity index (χ0) is 17.8. The van der Waals surface area contributed by atoms with Crippen LogP contribution in [0.4, 0.5) is 0 Å². The predicted octanol–water partition coefficient (Wildman–Crippen LogP) is 2.90. The van der Waals surface area contributed by atoms with Crippen molar-refractivity contribution in [3.05, 3.63) is 46.2 Å². The minimum absolute atomic E-state index is 0.0935. The molecule has 5 rings (SSSR count). The molecule has 0 spiro atoms. The van der Waals surface area contributed by atoms with Gasteiger partial charge in [-0.2, -0.15) is 5.10 Å². The van der Waals surface area contributed by atoms with Gasteiger partial charge in [-0.25, -0.2) is 9.50 Å². The number of hydrogen-bond acceptors (Lipinski definition) is 5. The Bertz CT molecular complexity index is 1010. The van der Waals surface area contributed by atoms with Gasteiger partial charge in [0.15, 0.2) is 10.8 Å². The van der Waals surface area contributed by atoms with Crippen molar-refractivity contribution in [2.75, 3.05) is 0 Å². The number of fused-ring (bicyclic) bond motifs is 6. The second kappa shape index (κ2) is 5.81. The van der Waals surface area contributed by atoms with Gasteiger partial charge in [0.25, 0.3) is 0 Å². The third-order valence-corrected chi connectivity index (χ3v) is 5.61. The molecule has 2 aliphatic rings. The molecule has 3 aromatic heterocycles. The molecule has 0 aliphatic carbocycles. The maximum Gasteiger partial charge on any atom is 0.223 e. The minimum Gasteiger partial charge on any atom is -0.360 e. The fourth-order valence-electron chi connectivity index (χ4n) is 4.35. The van der Waals surface area contributed by atoms with Crippen LogP contribution in [-0.2, 0) is 17.6 Å². The Balaban J connectivity index is 1.42. The summed E-state index contributed by atoms with van der Waals surface area (Å²) in [6.45, 7) is 1.98. The molecule has 8 heteroatoms. The van der Waals surface area contributed by atoms with Crippen LogP contribution in [0.5, 0.6) is 0 Å². The summed E-state index contributed by atoms with van der Waals surface area (Å²) in [5.41, 5.74) is 4.16. The van der Waals surface area contributed by atoms with Gasteiger partial charge in [0.05, 0.1) is 17.4 Å². The molecule has 26 heavy (non-hydrogen) atoms. The molecule has 1 fully saturated rings. The van der Waals surface area contributed by atoms with Crippen LogP contribution < -0.4 is 0 Å². The molecule has 2 atom stereocenters. The van der Waals surface area contributed by atoms with Crippen molar-refractivity contribution in [3.8, 4) is 0 Å². The van der Waals surface area contributed by atoms with E-state index in [9.17, 15) is 4.79 Å². The maximum atomic E-state index is 12.9. The molecule has 1 amide bonds. The minimum atomic E-state index is 0.0935. The fraction of sp³-hybridized carbons (Fsp3) is 0.444. The molecule has 0 N–H and O–H groups in total. The van der Waals surface area contributed by atoms with Gasteiger partial charge in [0.2, 0.25) is 5.91 Å². The van der Waals surface area contributed by atoms with Crippen LogP contribution in [0.1, 0.15) is 48.0 Å². The topological polar surface area (TPSA) is 76.5 Å². The van der Waals surface area contributed by atoms with E-state index in [-0.39, 0.29) is 18.0 Å². The molecule has 7 nitrogen and oxygen atoms in total. The monoisotopic (exact) mass is 371 g/mol. The first-order chi connectivity index (χ1) is 12.6. The third-order valence-electron chi connectivity index (χ3n) is 5.43. The van der Waals surface area contributed by atoms with Crippen molar-refractivity contribution >= 4 is 23.2 Å². The summed E-state index contributed by atoms with van der Waals surface area (Å²) in [4.78, 5) is 19.5. The first-order valence-corrected chi connectivity index (χ1v) is 9.24. The smallest absolute Gasteiger partial charge is 0.223 e. The van der Waals surface area contributed by atoms with E-state index in [4.69, 9.17) is 16.1 Å². The molecule has 2 bridgehead atoms. The van der Waals surface area contributed by atoms with Crippen molar-refractivity contribution in [2.45, 2.75) is 51.1 Å². The SMILES string of the molecule is Cc1cc2ncc3c(n2n1)CC1CCC3N1C(=O)CCc1cc(Cl)no1. The van der Waals surface area contributed by atoms with E-state index >= 15 is 0 Å². The van der Waals surface area contributed by atoms with Crippen LogP contribution in [0.15, 0.2) is 22.9 Å². The van der Waals surface area contributed by atoms with E-state index in [1.807, 2.05) is 28.6 Å². The Morgan fingerprint density at radius 3 is 3.08 bits per heavy atom. The summed E-state index contributed by atoms with van der Waals surface area (Å²) < 4.78 is 7.06. The molecule has 0 radical (unpaired) electrons. The number of halogens is 1. The van der Waals surface area contributed by atoms with Crippen LogP contribution in [0, 0.1) is 6.92 Å². The normalized spacial score (nSPS) is 21.4. The summed E-state index contributed by atoms with van der Waals surface area (Å²) in [6, 6.07) is 3.97. The molecule has 5 heterocycles. The molecule has 0 saturated carbocycles. The average molecular weight is 372 g/mol. The van der Waals surface area contributed by atoms with Gasteiger partial charge >= 0.3 is 0 Å². The largest absolute Gasteiger partial charge is 0.360 e. The van der Waals surface area contributed by atoms with Gasteiger partial charge in [0, 0.05) is 49.2 Å². The maximum absolute atomic E-state index is 12.9. The van der Waals surface area contributed by atoms with Crippen LogP contribution >= 0.6 is 11.6 Å². The Hall–Kier alpha value is -2.41. The standard InChI is InChI=1S/C18H18ClN5O2/c1-10-6-17-20-9-13-14-4-2-11(7-15(13)24(17)21-10)23(14)18(25)5-3-12-8-16(19)22-26-12/h6,8-9,11,14H,2-5,7H2,1H3. The molecule has 0 aromatic carbocycles. The molecule has 3 aromatic rings. The highest BCUT2D eigenvalue weighted by atomic mass is 35.5. The predicted molar refractivity (Wildman–Crippen MR) is 93.9 cm³/mol. The summed E-state index contributed by atoms with van der Waals surface area (Å²) in [5, 5.41) is 8.57. The van der Waals surface area contributed by atoms with E-state index in [0.29, 0.717) is 23.8 Å². The Morgan fingerprint density at radius 1 is 1.38 bits per heavy atom. The number of rotatable bonds is 3. The van der Waals surface area contributed by atoms with Gasteiger partial charge in [-0.15, -0.1) is 0 Å². The van der Waals surface area contributed by atoms with Crippen molar-refractivity contribution in [2.24, 2.45) is 0 Å². The highest BCUT2D eigenvalue weighted by Gasteiger charge is 2.43. The third kappa shape index (κ3) is 2.41. The molecular weight excluding hydrogens is 354 g/mol. The number of nitrogens with zero attached hydrogens (tertiary/aromatic N) is 5. The zero-order valence-corrected chi connectivity index (χ0v) is 15.1. The highest BCUT2D eigenvalue weighted by Crippen LogP contribution is 2.43. The van der Waals surface area contributed by atoms with Gasteiger partial charge in [0.1, 0.15) is 5.76 Å². The van der Waals surface area contributed by atoms with E-state index in [1.165, 1.54) is 5.69 Å². The van der Waals surface area contributed by atoms with E-state index in [1.54, 1.807) is 6.07 Å². The zero-order valence-electron chi connectivity index (χ0n) is 14.4. The van der Waals surface area contributed by atoms with Crippen LogP contribution in [0.25, 0.3) is 5.65 Å². The van der Waals surface area contributed by atoms with Crippen molar-refractivity contribution in [1.82, 2.24) is 24.7 Å². The van der Waals surface area contributed by atoms with Crippen molar-refractivity contribution in [1.29, 1.82) is 0 Å². The second-order valence-electron chi connectivity index (χ2n) is 7.08. The summed E-state index contributed by atoms with van der Waals surface area (Å²) in [5.74, 6) is 0.788. The summed E-state index contributed by atoms with van der Waals surface area (Å²) in [6.07, 6.45) is 5.65. The Morgan fingerprint density at radius 2 is 2.27 bits per heavy atom. The average Bonchev–Trinajstić information content (AvgIpc) is 3.29. The molecule has 134 valence electrons. The Labute approximate surface area is 154 Å². The summed E-state index contributed by atoms with van der Waals surface area (Å²) >= 11 is 5.77. The lowest BCUT2D eigenvalue weighted by molar-refractivity contribution is -0.134. The van der Waals surface area contributed by atoms with Gasteiger partial charge in [-0.3, -0.25) is 4.79 Å². The lowest BCUT2D eigenvalue weighted by Crippen LogP contribution is -2.42. The Kier molecular flexibility index (Phi) is 3.53. The van der Waals surface area contributed by atoms with E-state index in [2.05, 4.69) is 15.2 Å². The number of carbonyl (C=O) groups excluding carboxylic acids is 1. The quantitative estimate of drug-likeness (QED) is 0.707. The first-order valence-electron chi connectivity index (χ1n) is 8.86. The molecule has 2 unspecified atom stereocenters. The van der Waals surface area contributed by atoms with E-state index in [0.717, 1.165) is 36.2 Å². The van der Waals surface area contributed by atoms with Gasteiger partial charge < -0.3 is 9.42 Å². The van der Waals surface area contributed by atoms with Gasteiger partial charge in [-0.05, 0) is 19.8 Å². The number of carbonyl (C=O) groups is 1. The van der Waals surface area contributed by atoms with Crippen LogP contribution in [0.3, 0.4) is 0 Å². The number of hydrogen-bond donors (Lipinski definition) is 0. The second-order valence-corrected chi connectivity index (χ2v) is 7.47. The first kappa shape index (κ1) is 15.8. The van der Waals surface area contributed by atoms with Gasteiger partial charge in [-0.1, -0.05) is 16.8 Å². The lowest BCUT2D eigenvalue weighted by atomic mass is 9.98. The highest BCUT2D eigenvalue weighted by molar-refractivity contribution is 6.29. The molecule has 1 saturated heterocycles. The fourth-order valence-corrected chi connectivity index (χ4v) is 4.50. The van der Waals surface area contributed by atoms with Crippen molar-refractivity contribution < 1.29 is 9.32 Å². The number of amides is 1. The van der Waals surface area contributed by atoms with Crippen LogP contribution in [-0.4, -0.2) is 36.6 Å². The number of aryl methyl sites for hydroxylation is 2. The van der Waals surface area contributed by atoms with Crippen molar-refractivity contribution in [3.63, 3.8) is 0 Å². The van der Waals surface area contributed by atoms with E-state index < -0.39 is 0 Å². The number of aromatic nitrogens is 4. The molecule has 2 aliphatic heterocycles. The molecular formula is C18H18ClN5O2. The van der Waals surface area contributed by atoms with Crippen LogP contribution in [0.2, 0.25) is 5.15 Å². The lowest BCUT2D eigenvalue weighted by Gasteiger charge is -2.36.